The molecule has 3 aliphatic heterocycles. The zero-order valence-electron chi connectivity index (χ0n) is 49.5. The van der Waals surface area contributed by atoms with Crippen LogP contribution in [0.2, 0.25) is 0 Å². The van der Waals surface area contributed by atoms with Gasteiger partial charge in [-0.1, -0.05) is 198 Å². The first-order chi connectivity index (χ1) is 39.3. The lowest BCUT2D eigenvalue weighted by Gasteiger charge is -2.48. The average Bonchev–Trinajstić information content (AvgIpc) is 3.48. The largest absolute Gasteiger partial charge is 0.394 e. The molecule has 19 heteroatoms. The maximum Gasteiger partial charge on any atom is 0.220 e. The van der Waals surface area contributed by atoms with Crippen molar-refractivity contribution in [1.29, 1.82) is 0 Å². The van der Waals surface area contributed by atoms with Crippen LogP contribution in [0.3, 0.4) is 0 Å². The standard InChI is InChI=1S/C62H113NO18/c1-3-5-7-9-11-12-13-14-15-16-17-18-19-20-21-22-23-24-25-26-27-28-29-30-31-32-34-36-38-40-50(68)63-45(46(67)39-37-35-33-10-8-6-4-2)44-76-60-56(74)53(71)58(48(42-65)78-60)81-62-57(75)54(72)59(49(43-66)79-62)80-61-55(73)52(70)51(69)47(41-64)77-61/h13-14,16-17,19-20,45-49,51-62,64-67,69-75H,3-12,15,18,21-44H2,1-2H3,(H,63,68)/b14-13-,17-16-,20-19-. The molecule has 3 rings (SSSR count). The fourth-order valence-corrected chi connectivity index (χ4v) is 10.7. The minimum atomic E-state index is -1.97. The Balaban J connectivity index is 1.35. The second-order valence-electron chi connectivity index (χ2n) is 22.9. The highest BCUT2D eigenvalue weighted by molar-refractivity contribution is 5.76. The molecule has 474 valence electrons. The molecule has 19 nitrogen and oxygen atoms in total. The van der Waals surface area contributed by atoms with Gasteiger partial charge in [0, 0.05) is 6.42 Å². The van der Waals surface area contributed by atoms with E-state index in [4.69, 9.17) is 28.4 Å². The Bertz CT molecular complexity index is 1620. The summed E-state index contributed by atoms with van der Waals surface area (Å²) in [4.78, 5) is 13.3. The van der Waals surface area contributed by atoms with Crippen molar-refractivity contribution in [1.82, 2.24) is 5.32 Å². The molecular weight excluding hydrogens is 1050 g/mol. The zero-order chi connectivity index (χ0) is 59.0. The van der Waals surface area contributed by atoms with Crippen LogP contribution in [0.5, 0.6) is 0 Å². The van der Waals surface area contributed by atoms with E-state index in [2.05, 4.69) is 55.6 Å². The van der Waals surface area contributed by atoms with E-state index in [9.17, 15) is 61.0 Å². The number of carbonyl (C=O) groups is 1. The molecule has 3 saturated heterocycles. The van der Waals surface area contributed by atoms with Gasteiger partial charge in [-0.15, -0.1) is 0 Å². The van der Waals surface area contributed by atoms with Gasteiger partial charge in [0.25, 0.3) is 0 Å². The molecule has 3 fully saturated rings. The molecule has 0 bridgehead atoms. The van der Waals surface area contributed by atoms with Gasteiger partial charge in [-0.3, -0.25) is 4.79 Å². The van der Waals surface area contributed by atoms with Gasteiger partial charge in [-0.2, -0.15) is 0 Å². The molecule has 81 heavy (non-hydrogen) atoms. The molecule has 0 aromatic heterocycles. The summed E-state index contributed by atoms with van der Waals surface area (Å²) in [6.07, 6.45) is 22.8. The molecule has 0 saturated carbocycles. The van der Waals surface area contributed by atoms with Crippen molar-refractivity contribution in [2.75, 3.05) is 26.4 Å². The van der Waals surface area contributed by atoms with Crippen LogP contribution in [-0.4, -0.2) is 193 Å². The van der Waals surface area contributed by atoms with Crippen LogP contribution in [0.25, 0.3) is 0 Å². The Hall–Kier alpha value is -1.99. The Morgan fingerprint density at radius 3 is 1.27 bits per heavy atom. The molecule has 0 aromatic rings. The molecule has 1 amide bonds. The van der Waals surface area contributed by atoms with E-state index in [1.54, 1.807) is 0 Å². The van der Waals surface area contributed by atoms with Gasteiger partial charge in [-0.05, 0) is 51.4 Å². The lowest BCUT2D eigenvalue weighted by atomic mass is 9.96. The number of nitrogens with one attached hydrogen (secondary N) is 1. The number of aliphatic hydroxyl groups is 11. The minimum Gasteiger partial charge on any atom is -0.394 e. The number of allylic oxidation sites excluding steroid dienone is 6. The third-order valence-electron chi connectivity index (χ3n) is 16.0. The summed E-state index contributed by atoms with van der Waals surface area (Å²) in [6, 6.07) is -0.884. The van der Waals surface area contributed by atoms with Crippen molar-refractivity contribution in [3.05, 3.63) is 36.5 Å². The summed E-state index contributed by atoms with van der Waals surface area (Å²) >= 11 is 0. The molecule has 0 spiro atoms. The first kappa shape index (κ1) is 73.3. The number of hydrogen-bond donors (Lipinski definition) is 12. The lowest BCUT2D eigenvalue weighted by Crippen LogP contribution is -2.66. The lowest BCUT2D eigenvalue weighted by molar-refractivity contribution is -0.379. The Morgan fingerprint density at radius 1 is 0.444 bits per heavy atom. The van der Waals surface area contributed by atoms with Crippen molar-refractivity contribution < 1.29 is 89.4 Å². The molecule has 0 radical (unpaired) electrons. The predicted molar refractivity (Wildman–Crippen MR) is 309 cm³/mol. The van der Waals surface area contributed by atoms with Crippen LogP contribution in [0, 0.1) is 0 Å². The Kier molecular flexibility index (Phi) is 41.0. The van der Waals surface area contributed by atoms with Crippen LogP contribution in [0.15, 0.2) is 36.5 Å². The van der Waals surface area contributed by atoms with E-state index in [0.29, 0.717) is 12.8 Å². The number of ether oxygens (including phenoxy) is 6. The van der Waals surface area contributed by atoms with Crippen molar-refractivity contribution >= 4 is 5.91 Å². The molecule has 12 N–H and O–H groups in total. The highest BCUT2D eigenvalue weighted by atomic mass is 16.8. The highest BCUT2D eigenvalue weighted by Gasteiger charge is 2.53. The van der Waals surface area contributed by atoms with Crippen LogP contribution in [-0.2, 0) is 33.2 Å². The van der Waals surface area contributed by atoms with Crippen molar-refractivity contribution in [3.8, 4) is 0 Å². The van der Waals surface area contributed by atoms with Gasteiger partial charge >= 0.3 is 0 Å². The van der Waals surface area contributed by atoms with Gasteiger partial charge in [0.15, 0.2) is 18.9 Å². The average molecular weight is 1160 g/mol. The maximum absolute atomic E-state index is 13.3. The topological polar surface area (TPSA) is 307 Å². The zero-order valence-corrected chi connectivity index (χ0v) is 49.5. The number of aliphatic hydroxyl groups excluding tert-OH is 11. The Morgan fingerprint density at radius 2 is 0.815 bits per heavy atom. The SMILES string of the molecule is CCCCCCC/C=C\C/C=C\C/C=C\CCCCCCCCCCCCCCCCC(=O)NC(COC1OC(CO)C(OC2OC(CO)C(OC3OC(CO)C(O)C(O)C3O)C(O)C2O)C(O)C1O)C(O)CCCCCCCCC. The number of amides is 1. The highest BCUT2D eigenvalue weighted by Crippen LogP contribution is 2.33. The molecule has 0 aromatic carbocycles. The summed E-state index contributed by atoms with van der Waals surface area (Å²) in [6.45, 7) is 1.71. The summed E-state index contributed by atoms with van der Waals surface area (Å²) in [5, 5.41) is 120. The maximum atomic E-state index is 13.3. The van der Waals surface area contributed by atoms with Gasteiger partial charge < -0.3 is 89.9 Å². The van der Waals surface area contributed by atoms with Gasteiger partial charge in [0.1, 0.15) is 73.2 Å². The number of rotatable bonds is 47. The fraction of sp³-hybridized carbons (Fsp3) is 0.887. The molecule has 3 heterocycles. The monoisotopic (exact) mass is 1160 g/mol. The normalized spacial score (nSPS) is 30.0. The summed E-state index contributed by atoms with van der Waals surface area (Å²) in [5.41, 5.74) is 0. The molecular formula is C62H113NO18. The number of carbonyl (C=O) groups excluding carboxylic acids is 1. The number of unbranched alkanes of at least 4 members (excludes halogenated alkanes) is 25. The van der Waals surface area contributed by atoms with Crippen LogP contribution >= 0.6 is 0 Å². The van der Waals surface area contributed by atoms with E-state index in [0.717, 1.165) is 70.6 Å². The van der Waals surface area contributed by atoms with Crippen molar-refractivity contribution in [3.63, 3.8) is 0 Å². The summed E-state index contributed by atoms with van der Waals surface area (Å²) in [7, 11) is 0. The second kappa shape index (κ2) is 45.3. The summed E-state index contributed by atoms with van der Waals surface area (Å²) < 4.78 is 34.2. The predicted octanol–water partition coefficient (Wildman–Crippen LogP) is 6.49. The Labute approximate surface area is 485 Å². The van der Waals surface area contributed by atoms with E-state index >= 15 is 0 Å². The van der Waals surface area contributed by atoms with Gasteiger partial charge in [0.2, 0.25) is 5.91 Å². The molecule has 17 atom stereocenters. The van der Waals surface area contributed by atoms with Crippen LogP contribution in [0.4, 0.5) is 0 Å². The smallest absolute Gasteiger partial charge is 0.220 e. The van der Waals surface area contributed by atoms with Crippen LogP contribution < -0.4 is 5.32 Å². The third kappa shape index (κ3) is 28.8. The van der Waals surface area contributed by atoms with E-state index in [-0.39, 0.29) is 18.9 Å². The van der Waals surface area contributed by atoms with E-state index in [1.165, 1.54) is 116 Å². The molecule has 0 aliphatic carbocycles. The van der Waals surface area contributed by atoms with E-state index in [1.807, 2.05) is 0 Å². The van der Waals surface area contributed by atoms with E-state index < -0.39 is 124 Å². The molecule has 17 unspecified atom stereocenters. The molecule has 3 aliphatic rings. The minimum absolute atomic E-state index is 0.248. The first-order valence-corrected chi connectivity index (χ1v) is 31.7. The van der Waals surface area contributed by atoms with Gasteiger partial charge in [-0.25, -0.2) is 0 Å². The first-order valence-electron chi connectivity index (χ1n) is 31.7. The number of hydrogen-bond acceptors (Lipinski definition) is 18. The van der Waals surface area contributed by atoms with Crippen LogP contribution in [0.1, 0.15) is 219 Å². The van der Waals surface area contributed by atoms with Crippen molar-refractivity contribution in [2.45, 2.75) is 324 Å². The van der Waals surface area contributed by atoms with Crippen molar-refractivity contribution in [2.24, 2.45) is 0 Å². The fourth-order valence-electron chi connectivity index (χ4n) is 10.7. The quantitative estimate of drug-likeness (QED) is 0.0229. The van der Waals surface area contributed by atoms with Gasteiger partial charge in [0.05, 0.1) is 38.6 Å². The second-order valence-corrected chi connectivity index (χ2v) is 22.9. The third-order valence-corrected chi connectivity index (χ3v) is 16.0. The summed E-state index contributed by atoms with van der Waals surface area (Å²) in [5.74, 6) is -0.248.